The van der Waals surface area contributed by atoms with Crippen molar-refractivity contribution in [3.63, 3.8) is 0 Å². The smallest absolute Gasteiger partial charge is 0.230 e. The van der Waals surface area contributed by atoms with Crippen LogP contribution in [0.3, 0.4) is 0 Å². The van der Waals surface area contributed by atoms with Crippen molar-refractivity contribution in [2.45, 2.75) is 32.6 Å². The highest BCUT2D eigenvalue weighted by atomic mass is 16.2. The highest BCUT2D eigenvalue weighted by Gasteiger charge is 2.30. The summed E-state index contributed by atoms with van der Waals surface area (Å²) < 4.78 is 0. The van der Waals surface area contributed by atoms with Gasteiger partial charge in [-0.3, -0.25) is 4.79 Å². The van der Waals surface area contributed by atoms with Gasteiger partial charge in [-0.2, -0.15) is 0 Å². The molecule has 0 fully saturated rings. The van der Waals surface area contributed by atoms with Crippen molar-refractivity contribution in [3.8, 4) is 0 Å². The molecule has 1 amide bonds. The quantitative estimate of drug-likeness (QED) is 0.756. The van der Waals surface area contributed by atoms with Gasteiger partial charge in [0.2, 0.25) is 5.91 Å². The van der Waals surface area contributed by atoms with Crippen LogP contribution in [-0.2, 0) is 10.2 Å². The molecule has 0 atom stereocenters. The Morgan fingerprint density at radius 3 is 2.50 bits per heavy atom. The molecule has 0 saturated heterocycles. The lowest BCUT2D eigenvalue weighted by Gasteiger charge is -2.26. The van der Waals surface area contributed by atoms with E-state index in [4.69, 9.17) is 0 Å². The summed E-state index contributed by atoms with van der Waals surface area (Å²) in [5.41, 5.74) is 1.77. The summed E-state index contributed by atoms with van der Waals surface area (Å²) in [5, 5.41) is 6.07. The lowest BCUT2D eigenvalue weighted by atomic mass is 9.81. The van der Waals surface area contributed by atoms with Crippen molar-refractivity contribution in [1.82, 2.24) is 10.6 Å². The van der Waals surface area contributed by atoms with E-state index in [-0.39, 0.29) is 5.91 Å². The molecule has 1 aromatic rings. The third-order valence-corrected chi connectivity index (χ3v) is 3.28. The molecular formula is C15H24N2O. The van der Waals surface area contributed by atoms with Gasteiger partial charge in [0, 0.05) is 6.54 Å². The first-order valence-corrected chi connectivity index (χ1v) is 6.49. The normalized spacial score (nSPS) is 11.3. The van der Waals surface area contributed by atoms with Crippen molar-refractivity contribution >= 4 is 5.91 Å². The number of hydrogen-bond donors (Lipinski definition) is 2. The summed E-state index contributed by atoms with van der Waals surface area (Å²) in [6.07, 6.45) is 0.950. The first kappa shape index (κ1) is 14.7. The monoisotopic (exact) mass is 248 g/mol. The van der Waals surface area contributed by atoms with Gasteiger partial charge < -0.3 is 10.6 Å². The first-order chi connectivity index (χ1) is 8.50. The van der Waals surface area contributed by atoms with Crippen molar-refractivity contribution in [3.05, 3.63) is 35.4 Å². The summed E-state index contributed by atoms with van der Waals surface area (Å²) >= 11 is 0. The molecule has 100 valence electrons. The fraction of sp³-hybridized carbons (Fsp3) is 0.533. The van der Waals surface area contributed by atoms with Gasteiger partial charge in [-0.15, -0.1) is 0 Å². The van der Waals surface area contributed by atoms with Crippen molar-refractivity contribution in [2.24, 2.45) is 0 Å². The largest absolute Gasteiger partial charge is 0.355 e. The molecule has 3 nitrogen and oxygen atoms in total. The molecule has 0 aromatic heterocycles. The molecule has 0 aliphatic heterocycles. The van der Waals surface area contributed by atoms with Crippen LogP contribution in [0, 0.1) is 6.92 Å². The number of hydrogen-bond acceptors (Lipinski definition) is 2. The number of nitrogens with one attached hydrogen (secondary N) is 2. The molecule has 0 bridgehead atoms. The Labute approximate surface area is 110 Å². The lowest BCUT2D eigenvalue weighted by Crippen LogP contribution is -2.41. The van der Waals surface area contributed by atoms with Crippen LogP contribution in [0.4, 0.5) is 0 Å². The number of carbonyl (C=O) groups is 1. The van der Waals surface area contributed by atoms with E-state index in [1.54, 1.807) is 0 Å². The zero-order chi connectivity index (χ0) is 13.6. The minimum Gasteiger partial charge on any atom is -0.355 e. The fourth-order valence-electron chi connectivity index (χ4n) is 2.08. The molecule has 1 aromatic carbocycles. The van der Waals surface area contributed by atoms with Crippen molar-refractivity contribution in [1.29, 1.82) is 0 Å². The highest BCUT2D eigenvalue weighted by molar-refractivity contribution is 5.87. The molecule has 0 aliphatic rings. The van der Waals surface area contributed by atoms with Gasteiger partial charge in [0.1, 0.15) is 0 Å². The number of amides is 1. The molecule has 1 rings (SSSR count). The van der Waals surface area contributed by atoms with Crippen LogP contribution in [0.15, 0.2) is 24.3 Å². The molecule has 0 unspecified atom stereocenters. The minimum absolute atomic E-state index is 0.0907. The Morgan fingerprint density at radius 2 is 1.89 bits per heavy atom. The lowest BCUT2D eigenvalue weighted by molar-refractivity contribution is -0.125. The summed E-state index contributed by atoms with van der Waals surface area (Å²) in [5.74, 6) is 0.0907. The van der Waals surface area contributed by atoms with E-state index in [0.717, 1.165) is 30.6 Å². The predicted octanol–water partition coefficient (Wildman–Crippen LogP) is 2.00. The van der Waals surface area contributed by atoms with Gasteiger partial charge >= 0.3 is 0 Å². The maximum absolute atomic E-state index is 12.2. The standard InChI is InChI=1S/C15H24N2O/c1-12-8-5-6-9-13(12)15(2,3)14(18)17-11-7-10-16-4/h5-6,8-9,16H,7,10-11H2,1-4H3,(H,17,18). The molecule has 0 radical (unpaired) electrons. The first-order valence-electron chi connectivity index (χ1n) is 6.49. The van der Waals surface area contributed by atoms with Gasteiger partial charge in [0.05, 0.1) is 5.41 Å². The third kappa shape index (κ3) is 3.57. The molecule has 0 saturated carbocycles. The van der Waals surface area contributed by atoms with Crippen LogP contribution in [0.5, 0.6) is 0 Å². The van der Waals surface area contributed by atoms with Crippen molar-refractivity contribution in [2.75, 3.05) is 20.1 Å². The van der Waals surface area contributed by atoms with Gasteiger partial charge in [0.15, 0.2) is 0 Å². The van der Waals surface area contributed by atoms with Crippen LogP contribution in [0.25, 0.3) is 0 Å². The SMILES string of the molecule is CNCCCNC(=O)C(C)(C)c1ccccc1C. The molecular weight excluding hydrogens is 224 g/mol. The molecule has 0 aliphatic carbocycles. The molecule has 3 heteroatoms. The van der Waals surface area contributed by atoms with E-state index >= 15 is 0 Å². The van der Waals surface area contributed by atoms with E-state index in [0.29, 0.717) is 0 Å². The predicted molar refractivity (Wildman–Crippen MR) is 75.8 cm³/mol. The Kier molecular flexibility index (Phi) is 5.35. The number of rotatable bonds is 6. The van der Waals surface area contributed by atoms with E-state index in [9.17, 15) is 4.79 Å². The second-order valence-electron chi connectivity index (χ2n) is 5.15. The minimum atomic E-state index is -0.481. The Balaban J connectivity index is 2.68. The Bertz CT molecular complexity index is 399. The van der Waals surface area contributed by atoms with Crippen molar-refractivity contribution < 1.29 is 4.79 Å². The third-order valence-electron chi connectivity index (χ3n) is 3.28. The molecule has 18 heavy (non-hydrogen) atoms. The van der Waals surface area contributed by atoms with Gasteiger partial charge in [-0.1, -0.05) is 24.3 Å². The maximum Gasteiger partial charge on any atom is 0.230 e. The zero-order valence-corrected chi connectivity index (χ0v) is 11.8. The molecule has 0 spiro atoms. The molecule has 0 heterocycles. The number of benzene rings is 1. The second-order valence-corrected chi connectivity index (χ2v) is 5.15. The Morgan fingerprint density at radius 1 is 1.22 bits per heavy atom. The van der Waals surface area contributed by atoms with Crippen LogP contribution >= 0.6 is 0 Å². The molecule has 2 N–H and O–H groups in total. The topological polar surface area (TPSA) is 41.1 Å². The van der Waals surface area contributed by atoms with E-state index < -0.39 is 5.41 Å². The number of carbonyl (C=O) groups excluding carboxylic acids is 1. The summed E-state index contributed by atoms with van der Waals surface area (Å²) in [7, 11) is 1.92. The highest BCUT2D eigenvalue weighted by Crippen LogP contribution is 2.26. The Hall–Kier alpha value is -1.35. The maximum atomic E-state index is 12.2. The second kappa shape index (κ2) is 6.55. The van der Waals surface area contributed by atoms with Gasteiger partial charge in [0.25, 0.3) is 0 Å². The van der Waals surface area contributed by atoms with E-state index in [1.807, 2.05) is 52.1 Å². The van der Waals surface area contributed by atoms with Crippen LogP contribution in [-0.4, -0.2) is 26.0 Å². The summed E-state index contributed by atoms with van der Waals surface area (Å²) in [6.45, 7) is 7.64. The van der Waals surface area contributed by atoms with Gasteiger partial charge in [-0.25, -0.2) is 0 Å². The van der Waals surface area contributed by atoms with Crippen LogP contribution in [0.1, 0.15) is 31.4 Å². The summed E-state index contributed by atoms with van der Waals surface area (Å²) in [4.78, 5) is 12.2. The van der Waals surface area contributed by atoms with E-state index in [2.05, 4.69) is 10.6 Å². The van der Waals surface area contributed by atoms with Crippen LogP contribution < -0.4 is 10.6 Å². The zero-order valence-electron chi connectivity index (χ0n) is 11.8. The summed E-state index contributed by atoms with van der Waals surface area (Å²) in [6, 6.07) is 8.06. The number of aryl methyl sites for hydroxylation is 1. The van der Waals surface area contributed by atoms with Crippen LogP contribution in [0.2, 0.25) is 0 Å². The average molecular weight is 248 g/mol. The van der Waals surface area contributed by atoms with Gasteiger partial charge in [-0.05, 0) is 51.9 Å². The average Bonchev–Trinajstić information content (AvgIpc) is 2.34. The van der Waals surface area contributed by atoms with E-state index in [1.165, 1.54) is 0 Å². The fourth-order valence-corrected chi connectivity index (χ4v) is 2.08.